The van der Waals surface area contributed by atoms with Crippen molar-refractivity contribution in [2.45, 2.75) is 58.7 Å². The first-order chi connectivity index (χ1) is 6.36. The fraction of sp³-hybridized carbons (Fsp3) is 0.909. The highest BCUT2D eigenvalue weighted by molar-refractivity contribution is 5.82. The van der Waals surface area contributed by atoms with Gasteiger partial charge in [-0.2, -0.15) is 0 Å². The smallest absolute Gasteiger partial charge is 0.240 e. The highest BCUT2D eigenvalue weighted by Gasteiger charge is 2.37. The Labute approximate surface area is 86.9 Å². The molecule has 1 heterocycles. The molecule has 0 spiro atoms. The van der Waals surface area contributed by atoms with Crippen LogP contribution >= 0.6 is 0 Å². The molecule has 1 N–H and O–H groups in total. The van der Waals surface area contributed by atoms with Crippen LogP contribution in [0, 0.1) is 0 Å². The van der Waals surface area contributed by atoms with Crippen LogP contribution in [0.3, 0.4) is 0 Å². The van der Waals surface area contributed by atoms with Gasteiger partial charge < -0.3 is 10.2 Å². The summed E-state index contributed by atoms with van der Waals surface area (Å²) in [4.78, 5) is 14.1. The van der Waals surface area contributed by atoms with Crippen LogP contribution in [0.1, 0.15) is 41.0 Å². The van der Waals surface area contributed by atoms with E-state index in [1.807, 2.05) is 11.8 Å². The maximum Gasteiger partial charge on any atom is 0.240 e. The average Bonchev–Trinajstić information content (AvgIpc) is 2.09. The van der Waals surface area contributed by atoms with E-state index in [0.29, 0.717) is 0 Å². The van der Waals surface area contributed by atoms with E-state index in [1.165, 1.54) is 0 Å². The summed E-state index contributed by atoms with van der Waals surface area (Å²) in [6.45, 7) is 11.3. The predicted octanol–water partition coefficient (Wildman–Crippen LogP) is 1.38. The lowest BCUT2D eigenvalue weighted by Gasteiger charge is -2.40. The lowest BCUT2D eigenvalue weighted by molar-refractivity contribution is -0.139. The van der Waals surface area contributed by atoms with E-state index in [-0.39, 0.29) is 23.5 Å². The van der Waals surface area contributed by atoms with Gasteiger partial charge >= 0.3 is 0 Å². The van der Waals surface area contributed by atoms with Crippen LogP contribution in [-0.2, 0) is 4.79 Å². The summed E-state index contributed by atoms with van der Waals surface area (Å²) in [5.41, 5.74) is -0.0248. The zero-order valence-electron chi connectivity index (χ0n) is 9.92. The zero-order chi connectivity index (χ0) is 10.9. The number of carbonyl (C=O) groups is 1. The molecule has 1 amide bonds. The quantitative estimate of drug-likeness (QED) is 0.690. The van der Waals surface area contributed by atoms with Gasteiger partial charge in [-0.15, -0.1) is 0 Å². The molecule has 1 rings (SSSR count). The van der Waals surface area contributed by atoms with Gasteiger partial charge in [0.05, 0.1) is 6.04 Å². The van der Waals surface area contributed by atoms with E-state index in [0.717, 1.165) is 13.0 Å². The fourth-order valence-electron chi connectivity index (χ4n) is 2.26. The van der Waals surface area contributed by atoms with Crippen molar-refractivity contribution in [3.8, 4) is 0 Å². The molecule has 1 unspecified atom stereocenters. The number of nitrogens with zero attached hydrogens (tertiary/aromatic N) is 1. The fourth-order valence-corrected chi connectivity index (χ4v) is 2.26. The average molecular weight is 198 g/mol. The summed E-state index contributed by atoms with van der Waals surface area (Å²) >= 11 is 0. The highest BCUT2D eigenvalue weighted by atomic mass is 16.2. The van der Waals surface area contributed by atoms with Crippen LogP contribution in [0.15, 0.2) is 0 Å². The van der Waals surface area contributed by atoms with E-state index in [1.54, 1.807) is 0 Å². The maximum absolute atomic E-state index is 12.1. The molecular weight excluding hydrogens is 176 g/mol. The third-order valence-corrected chi connectivity index (χ3v) is 2.96. The first kappa shape index (κ1) is 11.5. The Hall–Kier alpha value is -0.570. The molecule has 0 radical (unpaired) electrons. The molecule has 1 saturated heterocycles. The van der Waals surface area contributed by atoms with Gasteiger partial charge in [0.25, 0.3) is 0 Å². The summed E-state index contributed by atoms with van der Waals surface area (Å²) in [6, 6.07) is 0.235. The van der Waals surface area contributed by atoms with Crippen molar-refractivity contribution < 1.29 is 4.79 Å². The molecule has 1 aliphatic rings. The molecule has 1 fully saturated rings. The minimum atomic E-state index is -0.0424. The maximum atomic E-state index is 12.1. The summed E-state index contributed by atoms with van der Waals surface area (Å²) in [6.07, 6.45) is 1.02. The summed E-state index contributed by atoms with van der Waals surface area (Å²) < 4.78 is 0. The summed E-state index contributed by atoms with van der Waals surface area (Å²) in [5, 5.41) is 3.24. The van der Waals surface area contributed by atoms with E-state index < -0.39 is 0 Å². The van der Waals surface area contributed by atoms with E-state index in [4.69, 9.17) is 0 Å². The second-order valence-corrected chi connectivity index (χ2v) is 5.04. The molecule has 0 saturated carbocycles. The topological polar surface area (TPSA) is 32.3 Å². The predicted molar refractivity (Wildman–Crippen MR) is 58.1 cm³/mol. The van der Waals surface area contributed by atoms with Crippen molar-refractivity contribution in [3.05, 3.63) is 0 Å². The lowest BCUT2D eigenvalue weighted by atomic mass is 9.96. The largest absolute Gasteiger partial charge is 0.334 e. The Morgan fingerprint density at radius 1 is 1.50 bits per heavy atom. The number of carbonyl (C=O) groups excluding carboxylic acids is 1. The second-order valence-electron chi connectivity index (χ2n) is 5.04. The Bertz CT molecular complexity index is 223. The number of hydrogen-bond donors (Lipinski definition) is 1. The van der Waals surface area contributed by atoms with Crippen molar-refractivity contribution in [2.24, 2.45) is 0 Å². The minimum Gasteiger partial charge on any atom is -0.334 e. The lowest BCUT2D eigenvalue weighted by Crippen LogP contribution is -2.53. The van der Waals surface area contributed by atoms with E-state index in [9.17, 15) is 4.79 Å². The van der Waals surface area contributed by atoms with Crippen LogP contribution in [0.2, 0.25) is 0 Å². The normalized spacial score (nSPS) is 28.0. The molecule has 82 valence electrons. The monoisotopic (exact) mass is 198 g/mol. The van der Waals surface area contributed by atoms with Crippen LogP contribution in [0.5, 0.6) is 0 Å². The van der Waals surface area contributed by atoms with Gasteiger partial charge in [-0.25, -0.2) is 0 Å². The van der Waals surface area contributed by atoms with Crippen molar-refractivity contribution in [3.63, 3.8) is 0 Å². The SMILES string of the molecule is CC1NCCC(C)(C)N(C(C)C)C1=O. The van der Waals surface area contributed by atoms with Gasteiger partial charge in [0.15, 0.2) is 0 Å². The van der Waals surface area contributed by atoms with Gasteiger partial charge in [-0.3, -0.25) is 4.79 Å². The van der Waals surface area contributed by atoms with Crippen molar-refractivity contribution >= 4 is 5.91 Å². The molecule has 0 aromatic carbocycles. The van der Waals surface area contributed by atoms with E-state index in [2.05, 4.69) is 33.0 Å². The van der Waals surface area contributed by atoms with Gasteiger partial charge in [0.2, 0.25) is 5.91 Å². The Morgan fingerprint density at radius 2 is 2.07 bits per heavy atom. The molecule has 1 atom stereocenters. The van der Waals surface area contributed by atoms with Crippen molar-refractivity contribution in [1.29, 1.82) is 0 Å². The van der Waals surface area contributed by atoms with Crippen LogP contribution in [-0.4, -0.2) is 35.0 Å². The Kier molecular flexibility index (Phi) is 3.20. The van der Waals surface area contributed by atoms with Crippen molar-refractivity contribution in [1.82, 2.24) is 10.2 Å². The van der Waals surface area contributed by atoms with Crippen molar-refractivity contribution in [2.75, 3.05) is 6.54 Å². The van der Waals surface area contributed by atoms with Gasteiger partial charge in [-0.1, -0.05) is 0 Å². The third kappa shape index (κ3) is 2.08. The van der Waals surface area contributed by atoms with Gasteiger partial charge in [-0.05, 0) is 47.6 Å². The molecule has 1 aliphatic heterocycles. The molecule has 0 aliphatic carbocycles. The van der Waals surface area contributed by atoms with Crippen LogP contribution in [0.25, 0.3) is 0 Å². The van der Waals surface area contributed by atoms with E-state index >= 15 is 0 Å². The number of nitrogens with one attached hydrogen (secondary N) is 1. The zero-order valence-corrected chi connectivity index (χ0v) is 9.92. The Morgan fingerprint density at radius 3 is 2.57 bits per heavy atom. The second kappa shape index (κ2) is 3.89. The summed E-state index contributed by atoms with van der Waals surface area (Å²) in [5.74, 6) is 0.225. The van der Waals surface area contributed by atoms with Gasteiger partial charge in [0.1, 0.15) is 0 Å². The molecule has 14 heavy (non-hydrogen) atoms. The molecular formula is C11H22N2O. The van der Waals surface area contributed by atoms with Crippen LogP contribution in [0.4, 0.5) is 0 Å². The molecule has 0 aromatic rings. The highest BCUT2D eigenvalue weighted by Crippen LogP contribution is 2.24. The minimum absolute atomic E-state index is 0.0248. The molecule has 3 heteroatoms. The molecule has 0 bridgehead atoms. The number of hydrogen-bond acceptors (Lipinski definition) is 2. The first-order valence-electron chi connectivity index (χ1n) is 5.43. The first-order valence-corrected chi connectivity index (χ1v) is 5.43. The molecule has 3 nitrogen and oxygen atoms in total. The Balaban J connectivity index is 2.95. The van der Waals surface area contributed by atoms with Gasteiger partial charge in [0, 0.05) is 11.6 Å². The number of amides is 1. The van der Waals surface area contributed by atoms with Crippen LogP contribution < -0.4 is 5.32 Å². The third-order valence-electron chi connectivity index (χ3n) is 2.96. The number of rotatable bonds is 1. The standard InChI is InChI=1S/C11H22N2O/c1-8(2)13-10(14)9(3)12-7-6-11(13,4)5/h8-9,12H,6-7H2,1-5H3. The summed E-state index contributed by atoms with van der Waals surface area (Å²) in [7, 11) is 0. The molecule has 0 aromatic heterocycles.